The molecule has 0 N–H and O–H groups in total. The van der Waals surface area contributed by atoms with Crippen LogP contribution >= 0.6 is 0 Å². The first-order chi connectivity index (χ1) is 12.8. The van der Waals surface area contributed by atoms with Crippen molar-refractivity contribution in [2.24, 2.45) is 4.99 Å². The van der Waals surface area contributed by atoms with Crippen LogP contribution in [0.15, 0.2) is 58.8 Å². The van der Waals surface area contributed by atoms with Gasteiger partial charge in [-0.15, -0.1) is 0 Å². The molecule has 1 aromatic rings. The lowest BCUT2D eigenvalue weighted by Gasteiger charge is -2.44. The highest BCUT2D eigenvalue weighted by Crippen LogP contribution is 2.45. The highest BCUT2D eigenvalue weighted by atomic mass is 19.1. The van der Waals surface area contributed by atoms with E-state index in [0.717, 1.165) is 22.7 Å². The molecule has 1 aliphatic rings. The second-order valence-corrected chi connectivity index (χ2v) is 9.02. The maximum atomic E-state index is 15.8. The minimum Gasteiger partial charge on any atom is -0.324 e. The predicted octanol–water partition coefficient (Wildman–Crippen LogP) is 6.86. The van der Waals surface area contributed by atoms with E-state index in [1.807, 2.05) is 45.0 Å². The van der Waals surface area contributed by atoms with Crippen LogP contribution in [0.5, 0.6) is 0 Å². The molecule has 0 amide bonds. The van der Waals surface area contributed by atoms with Gasteiger partial charge in [0, 0.05) is 22.9 Å². The highest BCUT2D eigenvalue weighted by Gasteiger charge is 2.49. The number of rotatable bonds is 4. The van der Waals surface area contributed by atoms with Crippen LogP contribution in [0.3, 0.4) is 0 Å². The summed E-state index contributed by atoms with van der Waals surface area (Å²) in [5.41, 5.74) is 3.50. The van der Waals surface area contributed by atoms with Crippen LogP contribution in [0.1, 0.15) is 72.1 Å². The van der Waals surface area contributed by atoms with E-state index in [1.54, 1.807) is 6.92 Å². The van der Waals surface area contributed by atoms with Gasteiger partial charge in [0.25, 0.3) is 0 Å². The van der Waals surface area contributed by atoms with Gasteiger partial charge in [-0.3, -0.25) is 4.99 Å². The van der Waals surface area contributed by atoms with E-state index in [0.29, 0.717) is 5.56 Å². The van der Waals surface area contributed by atoms with E-state index in [2.05, 4.69) is 52.2 Å². The van der Waals surface area contributed by atoms with Crippen molar-refractivity contribution in [3.63, 3.8) is 0 Å². The first-order valence-corrected chi connectivity index (χ1v) is 10.00. The van der Waals surface area contributed by atoms with Gasteiger partial charge in [0.1, 0.15) is 5.84 Å². The molecule has 1 unspecified atom stereocenters. The average molecular weight is 383 g/mol. The van der Waals surface area contributed by atoms with Gasteiger partial charge in [-0.2, -0.15) is 0 Å². The molecule has 0 radical (unpaired) electrons. The van der Waals surface area contributed by atoms with Crippen LogP contribution in [0.4, 0.5) is 4.39 Å². The van der Waals surface area contributed by atoms with Crippen molar-refractivity contribution >= 4 is 5.84 Å². The van der Waals surface area contributed by atoms with Gasteiger partial charge in [0.15, 0.2) is 5.67 Å². The molecule has 3 heteroatoms. The van der Waals surface area contributed by atoms with Crippen LogP contribution < -0.4 is 0 Å². The maximum absolute atomic E-state index is 15.8. The molecule has 2 rings (SSSR count). The molecule has 1 heterocycles. The maximum Gasteiger partial charge on any atom is 0.158 e. The zero-order valence-corrected chi connectivity index (χ0v) is 18.9. The second kappa shape index (κ2) is 7.69. The van der Waals surface area contributed by atoms with Crippen LogP contribution in [0.2, 0.25) is 0 Å². The molecule has 0 saturated heterocycles. The van der Waals surface area contributed by atoms with Gasteiger partial charge in [-0.05, 0) is 68.4 Å². The van der Waals surface area contributed by atoms with Gasteiger partial charge in [-0.1, -0.05) is 47.6 Å². The minimum atomic E-state index is -1.55. The molecule has 0 aromatic heterocycles. The first-order valence-electron chi connectivity index (χ1n) is 10.00. The first kappa shape index (κ1) is 22.1. The third-order valence-corrected chi connectivity index (χ3v) is 5.82. The molecule has 0 bridgehead atoms. The number of aryl methyl sites for hydroxylation is 1. The predicted molar refractivity (Wildman–Crippen MR) is 120 cm³/mol. The van der Waals surface area contributed by atoms with Gasteiger partial charge in [0.05, 0.1) is 5.54 Å². The van der Waals surface area contributed by atoms with E-state index < -0.39 is 11.2 Å². The summed E-state index contributed by atoms with van der Waals surface area (Å²) in [5.74, 6) is 0.787. The van der Waals surface area contributed by atoms with E-state index in [4.69, 9.17) is 4.99 Å². The lowest BCUT2D eigenvalue weighted by atomic mass is 9.75. The smallest absolute Gasteiger partial charge is 0.158 e. The molecule has 0 aliphatic carbocycles. The van der Waals surface area contributed by atoms with Gasteiger partial charge >= 0.3 is 0 Å². The average Bonchev–Trinajstić information content (AvgIpc) is 2.57. The summed E-state index contributed by atoms with van der Waals surface area (Å²) in [4.78, 5) is 7.01. The van der Waals surface area contributed by atoms with Crippen molar-refractivity contribution in [2.45, 2.75) is 79.6 Å². The lowest BCUT2D eigenvalue weighted by Crippen LogP contribution is -2.49. The fraction of sp³-hybridized carbons (Fsp3) is 0.480. The number of aliphatic imine (C=N–C) groups is 1. The summed E-state index contributed by atoms with van der Waals surface area (Å²) in [6, 6.07) is 6.10. The molecule has 1 aliphatic heterocycles. The fourth-order valence-electron chi connectivity index (χ4n) is 3.37. The second-order valence-electron chi connectivity index (χ2n) is 9.02. The Morgan fingerprint density at radius 2 is 1.75 bits per heavy atom. The number of hydrogen-bond donors (Lipinski definition) is 0. The molecule has 1 atom stereocenters. The lowest BCUT2D eigenvalue weighted by molar-refractivity contribution is 0.0920. The molecule has 0 saturated carbocycles. The molecular formula is C25H35FN2. The third kappa shape index (κ3) is 3.99. The minimum absolute atomic E-state index is 0.136. The van der Waals surface area contributed by atoms with Crippen LogP contribution in [-0.4, -0.2) is 22.3 Å². The van der Waals surface area contributed by atoms with E-state index in [9.17, 15) is 0 Å². The van der Waals surface area contributed by atoms with Gasteiger partial charge in [0.2, 0.25) is 0 Å². The third-order valence-electron chi connectivity index (χ3n) is 5.82. The number of fused-ring (bicyclic) bond motifs is 1. The van der Waals surface area contributed by atoms with Crippen LogP contribution in [-0.2, 0) is 5.67 Å². The Morgan fingerprint density at radius 3 is 2.29 bits per heavy atom. The topological polar surface area (TPSA) is 15.6 Å². The van der Waals surface area contributed by atoms with Gasteiger partial charge < -0.3 is 4.90 Å². The van der Waals surface area contributed by atoms with Crippen molar-refractivity contribution in [1.82, 2.24) is 4.90 Å². The largest absolute Gasteiger partial charge is 0.324 e. The summed E-state index contributed by atoms with van der Waals surface area (Å²) in [6.45, 7) is 22.2. The van der Waals surface area contributed by atoms with Crippen LogP contribution in [0.25, 0.3) is 0 Å². The quantitative estimate of drug-likeness (QED) is 0.520. The number of benzene rings is 1. The number of allylic oxidation sites excluding steroid dienone is 4. The summed E-state index contributed by atoms with van der Waals surface area (Å²) in [7, 11) is 0. The number of alkyl halides is 1. The Labute approximate surface area is 170 Å². The number of nitrogens with zero attached hydrogens (tertiary/aromatic N) is 2. The van der Waals surface area contributed by atoms with Crippen molar-refractivity contribution in [1.29, 1.82) is 0 Å². The Kier molecular flexibility index (Phi) is 6.08. The molecule has 2 nitrogen and oxygen atoms in total. The molecule has 0 spiro atoms. The Hall–Kier alpha value is -2.16. The summed E-state index contributed by atoms with van der Waals surface area (Å²) >= 11 is 0. The number of amidine groups is 1. The van der Waals surface area contributed by atoms with Crippen LogP contribution in [0, 0.1) is 6.92 Å². The highest BCUT2D eigenvalue weighted by molar-refractivity contribution is 6.03. The molecule has 1 aromatic carbocycles. The number of halogens is 1. The molecular weight excluding hydrogens is 347 g/mol. The zero-order valence-electron chi connectivity index (χ0n) is 18.9. The van der Waals surface area contributed by atoms with Crippen molar-refractivity contribution in [3.8, 4) is 0 Å². The summed E-state index contributed by atoms with van der Waals surface area (Å²) in [5, 5.41) is 0. The van der Waals surface area contributed by atoms with Crippen molar-refractivity contribution in [2.75, 3.05) is 0 Å². The molecule has 0 fully saturated rings. The fourth-order valence-corrected chi connectivity index (χ4v) is 3.37. The monoisotopic (exact) mass is 382 g/mol. The Morgan fingerprint density at radius 1 is 1.14 bits per heavy atom. The summed E-state index contributed by atoms with van der Waals surface area (Å²) in [6.07, 6.45) is 4.10. The molecule has 152 valence electrons. The Balaban J connectivity index is 2.63. The van der Waals surface area contributed by atoms with E-state index in [1.165, 1.54) is 11.1 Å². The van der Waals surface area contributed by atoms with Crippen molar-refractivity contribution in [3.05, 3.63) is 70.5 Å². The standard InChI is InChI=1S/C25H35FN2/c1-16(2)19(6)12-13-20(7)28(17(3)4)23-21-14-11-18(5)15-22(21)25(10,26)24(8,9)27-23/h11-15,17H,7H2,1-6,8-10H3/b13-12-. The van der Waals surface area contributed by atoms with Crippen molar-refractivity contribution < 1.29 is 4.39 Å². The molecule has 28 heavy (non-hydrogen) atoms. The van der Waals surface area contributed by atoms with E-state index >= 15 is 4.39 Å². The Bertz CT molecular complexity index is 863. The SMILES string of the molecule is C=C(/C=C\C(C)=C(C)C)N(C1=NC(C)(C)C(C)(F)c2cc(C)ccc21)C(C)C. The number of hydrogen-bond acceptors (Lipinski definition) is 2. The van der Waals surface area contributed by atoms with E-state index in [-0.39, 0.29) is 6.04 Å². The summed E-state index contributed by atoms with van der Waals surface area (Å²) < 4.78 is 15.8. The normalized spacial score (nSPS) is 20.8. The zero-order chi connectivity index (χ0) is 21.4. The van der Waals surface area contributed by atoms with Gasteiger partial charge in [-0.25, -0.2) is 4.39 Å².